The van der Waals surface area contributed by atoms with Crippen LogP contribution in [0.15, 0.2) is 118 Å². The van der Waals surface area contributed by atoms with Gasteiger partial charge in [-0.1, -0.05) is 60.2 Å². The molecule has 1 aliphatic heterocycles. The molecule has 1 radical (unpaired) electrons. The Balaban J connectivity index is 0.00000451. The van der Waals surface area contributed by atoms with Crippen LogP contribution >= 0.6 is 11.8 Å². The molecule has 6 rings (SSSR count). The molecule has 2 N–H and O–H groups in total. The Morgan fingerprint density at radius 1 is 1.00 bits per heavy atom. The Kier molecular flexibility index (Phi) is 11.2. The predicted molar refractivity (Wildman–Crippen MR) is 183 cm³/mol. The summed E-state index contributed by atoms with van der Waals surface area (Å²) in [5, 5.41) is 14.5. The van der Waals surface area contributed by atoms with Gasteiger partial charge in [-0.2, -0.15) is 0 Å². The van der Waals surface area contributed by atoms with Crippen molar-refractivity contribution in [2.45, 2.75) is 24.8 Å². The molecule has 1 aliphatic rings. The molecule has 0 saturated carbocycles. The number of benzene rings is 4. The quantitative estimate of drug-likeness (QED) is 0.163. The molecule has 0 spiro atoms. The van der Waals surface area contributed by atoms with Crippen molar-refractivity contribution >= 4 is 80.1 Å². The third-order valence-electron chi connectivity index (χ3n) is 6.90. The summed E-state index contributed by atoms with van der Waals surface area (Å²) in [5.41, 5.74) is 4.42. The maximum absolute atomic E-state index is 12.9. The number of thioether (sulfide) groups is 1. The summed E-state index contributed by atoms with van der Waals surface area (Å²) >= 11 is 1.18. The largest absolute Gasteiger partial charge is 0.488 e. The Morgan fingerprint density at radius 3 is 2.46 bits per heavy atom. The molecular formula is C33H27N7NaO5S2. The number of aryl methyl sites for hydroxylation is 1. The van der Waals surface area contributed by atoms with Crippen LogP contribution < -0.4 is 14.8 Å². The van der Waals surface area contributed by atoms with E-state index < -0.39 is 15.9 Å². The topological polar surface area (TPSA) is 158 Å². The van der Waals surface area contributed by atoms with E-state index in [1.165, 1.54) is 34.9 Å². The number of amidine groups is 1. The van der Waals surface area contributed by atoms with Crippen LogP contribution in [0.5, 0.6) is 5.75 Å². The van der Waals surface area contributed by atoms with Crippen molar-refractivity contribution < 1.29 is 22.7 Å². The first-order chi connectivity index (χ1) is 22.7. The number of nitrogens with zero attached hydrogens (tertiary/aromatic N) is 5. The van der Waals surface area contributed by atoms with Gasteiger partial charge in [0.2, 0.25) is 5.91 Å². The van der Waals surface area contributed by atoms with Crippen molar-refractivity contribution in [2.75, 3.05) is 0 Å². The molecule has 0 aliphatic carbocycles. The third kappa shape index (κ3) is 8.85. The van der Waals surface area contributed by atoms with E-state index in [0.29, 0.717) is 44.9 Å². The molecule has 237 valence electrons. The van der Waals surface area contributed by atoms with Crippen LogP contribution in [-0.4, -0.2) is 75.2 Å². The van der Waals surface area contributed by atoms with E-state index in [9.17, 15) is 18.0 Å². The maximum Gasteiger partial charge on any atom is 0.264 e. The van der Waals surface area contributed by atoms with E-state index >= 15 is 0 Å². The fourth-order valence-electron chi connectivity index (χ4n) is 4.50. The van der Waals surface area contributed by atoms with E-state index in [4.69, 9.17) is 4.74 Å². The number of hydrogen-bond donors (Lipinski definition) is 2. The molecule has 0 unspecified atom stereocenters. The average Bonchev–Trinajstić information content (AvgIpc) is 3.72. The number of ether oxygens (including phenoxy) is 1. The SMILES string of the molecule is Cc1ccc(S(=O)(=O)NC(=O)Cc2ccc(N=C3NC(=O)C(=Cc4ccc(-n5cnnn5)cc4OCc4ccccc4)S3)cc2)cc1.[Na]. The van der Waals surface area contributed by atoms with Gasteiger partial charge in [0.15, 0.2) is 5.17 Å². The van der Waals surface area contributed by atoms with Crippen LogP contribution in [0.25, 0.3) is 11.8 Å². The smallest absolute Gasteiger partial charge is 0.264 e. The molecule has 12 nitrogen and oxygen atoms in total. The molecule has 1 aromatic heterocycles. The normalized spacial score (nSPS) is 14.4. The Morgan fingerprint density at radius 2 is 1.75 bits per heavy atom. The summed E-state index contributed by atoms with van der Waals surface area (Å²) < 4.78 is 34.8. The van der Waals surface area contributed by atoms with Gasteiger partial charge in [-0.25, -0.2) is 22.8 Å². The van der Waals surface area contributed by atoms with Gasteiger partial charge in [0.1, 0.15) is 18.7 Å². The van der Waals surface area contributed by atoms with E-state index in [0.717, 1.165) is 11.1 Å². The van der Waals surface area contributed by atoms with Crippen molar-refractivity contribution in [3.63, 3.8) is 0 Å². The first kappa shape index (κ1) is 34.7. The second-order valence-corrected chi connectivity index (χ2v) is 13.1. The predicted octanol–water partition coefficient (Wildman–Crippen LogP) is 4.11. The van der Waals surface area contributed by atoms with Crippen LogP contribution in [0, 0.1) is 6.92 Å². The van der Waals surface area contributed by atoms with Gasteiger partial charge in [0.25, 0.3) is 15.9 Å². The van der Waals surface area contributed by atoms with Crippen molar-refractivity contribution in [1.82, 2.24) is 30.2 Å². The van der Waals surface area contributed by atoms with Gasteiger partial charge in [0.05, 0.1) is 27.6 Å². The fraction of sp³-hybridized carbons (Fsp3) is 0.0909. The van der Waals surface area contributed by atoms with E-state index in [-0.39, 0.29) is 46.8 Å². The minimum absolute atomic E-state index is 0. The minimum Gasteiger partial charge on any atom is -0.488 e. The van der Waals surface area contributed by atoms with Crippen LogP contribution in [0.3, 0.4) is 0 Å². The summed E-state index contributed by atoms with van der Waals surface area (Å²) in [5.74, 6) is -0.425. The maximum atomic E-state index is 12.9. The zero-order valence-corrected chi connectivity index (χ0v) is 29.5. The minimum atomic E-state index is -3.97. The number of carbonyl (C=O) groups is 2. The Labute approximate surface area is 303 Å². The van der Waals surface area contributed by atoms with E-state index in [1.54, 1.807) is 48.5 Å². The number of aliphatic imine (C=N–C) groups is 1. The molecule has 1 saturated heterocycles. The van der Waals surface area contributed by atoms with E-state index in [2.05, 4.69) is 30.6 Å². The number of tetrazole rings is 1. The average molecular weight is 689 g/mol. The summed E-state index contributed by atoms with van der Waals surface area (Å²) in [6.45, 7) is 2.17. The molecule has 5 aromatic rings. The van der Waals surface area contributed by atoms with Crippen molar-refractivity contribution in [1.29, 1.82) is 0 Å². The first-order valence-electron chi connectivity index (χ1n) is 14.3. The van der Waals surface area contributed by atoms with E-state index in [1.807, 2.05) is 49.4 Å². The standard InChI is InChI=1S/C33H27N7O5S2.Na/c1-22-7-15-28(16-8-22)47(43,44)37-31(41)17-23-9-12-26(13-10-23)35-33-36-32(42)30(46-33)18-25-11-14-27(40-21-34-38-39-40)19-29(25)45-20-24-5-3-2-4-6-24;/h2-16,18-19,21H,17,20H2,1H3,(H,37,41)(H,35,36,42);. The molecule has 48 heavy (non-hydrogen) atoms. The fourth-order valence-corrected chi connectivity index (χ4v) is 6.32. The van der Waals surface area contributed by atoms with Crippen LogP contribution in [0.4, 0.5) is 5.69 Å². The van der Waals surface area contributed by atoms with Gasteiger partial charge in [0, 0.05) is 41.2 Å². The molecule has 1 fully saturated rings. The second kappa shape index (κ2) is 15.5. The van der Waals surface area contributed by atoms with Gasteiger partial charge >= 0.3 is 0 Å². The summed E-state index contributed by atoms with van der Waals surface area (Å²) in [4.78, 5) is 30.3. The molecule has 4 aromatic carbocycles. The first-order valence-corrected chi connectivity index (χ1v) is 16.6. The zero-order valence-electron chi connectivity index (χ0n) is 25.9. The molecule has 0 atom stereocenters. The monoisotopic (exact) mass is 688 g/mol. The van der Waals surface area contributed by atoms with Gasteiger partial charge < -0.3 is 10.1 Å². The number of amides is 2. The van der Waals surface area contributed by atoms with Gasteiger partial charge in [-0.3, -0.25) is 9.59 Å². The van der Waals surface area contributed by atoms with Crippen LogP contribution in [0.1, 0.15) is 22.3 Å². The Bertz CT molecular complexity index is 2090. The number of hydrogen-bond acceptors (Lipinski definition) is 10. The molecule has 2 heterocycles. The van der Waals surface area contributed by atoms with Gasteiger partial charge in [-0.15, -0.1) is 5.10 Å². The van der Waals surface area contributed by atoms with Crippen molar-refractivity contribution in [3.05, 3.63) is 131 Å². The number of nitrogens with one attached hydrogen (secondary N) is 2. The summed E-state index contributed by atoms with van der Waals surface area (Å²) in [6, 6.07) is 28.1. The number of carbonyl (C=O) groups excluding carboxylic acids is 2. The Hall–Kier alpha value is -4.60. The van der Waals surface area contributed by atoms with Crippen LogP contribution in [-0.2, 0) is 32.6 Å². The molecule has 15 heteroatoms. The van der Waals surface area contributed by atoms with Gasteiger partial charge in [-0.05, 0) is 82.7 Å². The summed E-state index contributed by atoms with van der Waals surface area (Å²) in [7, 11) is -3.97. The summed E-state index contributed by atoms with van der Waals surface area (Å²) in [6.07, 6.45) is 3.08. The van der Waals surface area contributed by atoms with Crippen LogP contribution in [0.2, 0.25) is 0 Å². The third-order valence-corrected chi connectivity index (χ3v) is 9.20. The molecular weight excluding hydrogens is 662 g/mol. The van der Waals surface area contributed by atoms with Crippen molar-refractivity contribution in [2.24, 2.45) is 4.99 Å². The number of rotatable bonds is 10. The number of sulfonamides is 1. The zero-order chi connectivity index (χ0) is 32.8. The molecule has 2 amide bonds. The second-order valence-electron chi connectivity index (χ2n) is 10.4. The number of aromatic nitrogens is 4. The van der Waals surface area contributed by atoms with Crippen molar-refractivity contribution in [3.8, 4) is 11.4 Å². The molecule has 0 bridgehead atoms.